The van der Waals surface area contributed by atoms with Gasteiger partial charge in [0.2, 0.25) is 17.7 Å². The predicted octanol–water partition coefficient (Wildman–Crippen LogP) is 1.42. The zero-order valence-corrected chi connectivity index (χ0v) is 14.7. The molecule has 0 spiro atoms. The minimum Gasteiger partial charge on any atom is -0.357 e. The van der Waals surface area contributed by atoms with Gasteiger partial charge in [-0.3, -0.25) is 14.4 Å². The molecular weight excluding hydrogens is 332 g/mol. The van der Waals surface area contributed by atoms with Crippen molar-refractivity contribution in [3.63, 3.8) is 0 Å². The SMILES string of the molecule is CNC(=O)C(NC(=O)CCNC(=O)C(C)(C)C)c1ccc(F)c(F)c1. The Bertz CT molecular complexity index is 657. The lowest BCUT2D eigenvalue weighted by Crippen LogP contribution is -2.41. The smallest absolute Gasteiger partial charge is 0.246 e. The Kier molecular flexibility index (Phi) is 7.02. The molecule has 1 atom stereocenters. The summed E-state index contributed by atoms with van der Waals surface area (Å²) in [5.74, 6) is -3.44. The summed E-state index contributed by atoms with van der Waals surface area (Å²) < 4.78 is 26.4. The van der Waals surface area contributed by atoms with Crippen molar-refractivity contribution < 1.29 is 23.2 Å². The lowest BCUT2D eigenvalue weighted by atomic mass is 9.96. The first-order chi connectivity index (χ1) is 11.6. The summed E-state index contributed by atoms with van der Waals surface area (Å²) >= 11 is 0. The molecule has 1 aromatic carbocycles. The summed E-state index contributed by atoms with van der Waals surface area (Å²) in [7, 11) is 1.37. The average molecular weight is 355 g/mol. The van der Waals surface area contributed by atoms with Gasteiger partial charge in [-0.15, -0.1) is 0 Å². The number of likely N-dealkylation sites (N-methyl/N-ethyl adjacent to an activating group) is 1. The number of hydrogen-bond acceptors (Lipinski definition) is 3. The highest BCUT2D eigenvalue weighted by molar-refractivity contribution is 5.89. The molecule has 3 amide bonds. The largest absolute Gasteiger partial charge is 0.357 e. The Morgan fingerprint density at radius 1 is 1.12 bits per heavy atom. The second-order valence-electron chi connectivity index (χ2n) is 6.54. The average Bonchev–Trinajstić information content (AvgIpc) is 2.53. The zero-order valence-electron chi connectivity index (χ0n) is 14.7. The number of benzene rings is 1. The van der Waals surface area contributed by atoms with Crippen LogP contribution in [0, 0.1) is 17.0 Å². The van der Waals surface area contributed by atoms with Gasteiger partial charge < -0.3 is 16.0 Å². The van der Waals surface area contributed by atoms with Gasteiger partial charge in [-0.05, 0) is 17.7 Å². The molecule has 0 bridgehead atoms. The fourth-order valence-electron chi connectivity index (χ4n) is 1.92. The molecule has 1 rings (SSSR count). The van der Waals surface area contributed by atoms with E-state index in [2.05, 4.69) is 16.0 Å². The summed E-state index contributed by atoms with van der Waals surface area (Å²) in [6.07, 6.45) is -0.0566. The van der Waals surface area contributed by atoms with Gasteiger partial charge in [0, 0.05) is 25.4 Å². The van der Waals surface area contributed by atoms with Crippen molar-refractivity contribution >= 4 is 17.7 Å². The van der Waals surface area contributed by atoms with Crippen LogP contribution < -0.4 is 16.0 Å². The van der Waals surface area contributed by atoms with Crippen molar-refractivity contribution in [1.82, 2.24) is 16.0 Å². The van der Waals surface area contributed by atoms with Gasteiger partial charge in [0.05, 0.1) is 0 Å². The highest BCUT2D eigenvalue weighted by atomic mass is 19.2. The highest BCUT2D eigenvalue weighted by Crippen LogP contribution is 2.17. The number of hydrogen-bond donors (Lipinski definition) is 3. The quantitative estimate of drug-likeness (QED) is 0.721. The number of amides is 3. The van der Waals surface area contributed by atoms with Crippen molar-refractivity contribution in [2.45, 2.75) is 33.2 Å². The Morgan fingerprint density at radius 2 is 1.76 bits per heavy atom. The Balaban J connectivity index is 2.72. The van der Waals surface area contributed by atoms with E-state index >= 15 is 0 Å². The molecule has 1 aromatic rings. The van der Waals surface area contributed by atoms with E-state index in [4.69, 9.17) is 0 Å². The summed E-state index contributed by atoms with van der Waals surface area (Å²) in [6, 6.07) is 1.80. The van der Waals surface area contributed by atoms with E-state index in [9.17, 15) is 23.2 Å². The molecule has 138 valence electrons. The van der Waals surface area contributed by atoms with Gasteiger partial charge in [0.25, 0.3) is 0 Å². The molecular formula is C17H23F2N3O3. The maximum absolute atomic E-state index is 13.4. The van der Waals surface area contributed by atoms with E-state index in [1.165, 1.54) is 13.1 Å². The van der Waals surface area contributed by atoms with Crippen LogP contribution in [0.2, 0.25) is 0 Å². The lowest BCUT2D eigenvalue weighted by molar-refractivity contribution is -0.130. The molecule has 0 saturated heterocycles. The van der Waals surface area contributed by atoms with Crippen LogP contribution in [0.3, 0.4) is 0 Å². The van der Waals surface area contributed by atoms with Crippen LogP contribution >= 0.6 is 0 Å². The second-order valence-corrected chi connectivity index (χ2v) is 6.54. The molecule has 25 heavy (non-hydrogen) atoms. The standard InChI is InChI=1S/C17H23F2N3O3/c1-17(2,3)16(25)21-8-7-13(23)22-14(15(24)20-4)10-5-6-11(18)12(19)9-10/h5-6,9,14H,7-8H2,1-4H3,(H,20,24)(H,21,25)(H,22,23). The van der Waals surface area contributed by atoms with E-state index < -0.39 is 34.9 Å². The first-order valence-electron chi connectivity index (χ1n) is 7.80. The first kappa shape index (κ1) is 20.5. The topological polar surface area (TPSA) is 87.3 Å². The van der Waals surface area contributed by atoms with Gasteiger partial charge in [0.1, 0.15) is 6.04 Å². The highest BCUT2D eigenvalue weighted by Gasteiger charge is 2.24. The van der Waals surface area contributed by atoms with E-state index in [0.29, 0.717) is 0 Å². The molecule has 6 nitrogen and oxygen atoms in total. The second kappa shape index (κ2) is 8.55. The predicted molar refractivity (Wildman–Crippen MR) is 88.4 cm³/mol. The Labute approximate surface area is 145 Å². The van der Waals surface area contributed by atoms with Crippen LogP contribution in [-0.4, -0.2) is 31.3 Å². The number of rotatable bonds is 6. The summed E-state index contributed by atoms with van der Waals surface area (Å²) in [6.45, 7) is 5.33. The fourth-order valence-corrected chi connectivity index (χ4v) is 1.92. The third kappa shape index (κ3) is 6.13. The fraction of sp³-hybridized carbons (Fsp3) is 0.471. The Morgan fingerprint density at radius 3 is 2.28 bits per heavy atom. The van der Waals surface area contributed by atoms with Crippen LogP contribution in [0.25, 0.3) is 0 Å². The Hall–Kier alpha value is -2.51. The molecule has 0 saturated carbocycles. The van der Waals surface area contributed by atoms with Gasteiger partial charge in [-0.2, -0.15) is 0 Å². The zero-order chi connectivity index (χ0) is 19.2. The number of halogens is 2. The monoisotopic (exact) mass is 355 g/mol. The van der Waals surface area contributed by atoms with Gasteiger partial charge in [-0.1, -0.05) is 26.8 Å². The molecule has 0 radical (unpaired) electrons. The van der Waals surface area contributed by atoms with Crippen molar-refractivity contribution in [2.75, 3.05) is 13.6 Å². The van der Waals surface area contributed by atoms with Crippen molar-refractivity contribution in [3.8, 4) is 0 Å². The minimum absolute atomic E-state index is 0.0566. The number of nitrogens with one attached hydrogen (secondary N) is 3. The third-order valence-electron chi connectivity index (χ3n) is 3.41. The van der Waals surface area contributed by atoms with Crippen molar-refractivity contribution in [2.24, 2.45) is 5.41 Å². The van der Waals surface area contributed by atoms with Crippen LogP contribution in [0.5, 0.6) is 0 Å². The summed E-state index contributed by atoms with van der Waals surface area (Å²) in [5, 5.41) is 7.43. The van der Waals surface area contributed by atoms with Gasteiger partial charge >= 0.3 is 0 Å². The van der Waals surface area contributed by atoms with Crippen LogP contribution in [0.4, 0.5) is 8.78 Å². The number of carbonyl (C=O) groups excluding carboxylic acids is 3. The van der Waals surface area contributed by atoms with E-state index in [1.54, 1.807) is 20.8 Å². The lowest BCUT2D eigenvalue weighted by Gasteiger charge is -2.19. The van der Waals surface area contributed by atoms with Crippen LogP contribution in [0.1, 0.15) is 38.8 Å². The van der Waals surface area contributed by atoms with Crippen molar-refractivity contribution in [1.29, 1.82) is 0 Å². The molecule has 0 aliphatic heterocycles. The normalized spacial score (nSPS) is 12.2. The molecule has 0 heterocycles. The summed E-state index contributed by atoms with van der Waals surface area (Å²) in [4.78, 5) is 35.7. The molecule has 1 unspecified atom stereocenters. The van der Waals surface area contributed by atoms with Gasteiger partial charge in [-0.25, -0.2) is 8.78 Å². The third-order valence-corrected chi connectivity index (χ3v) is 3.41. The van der Waals surface area contributed by atoms with Gasteiger partial charge in [0.15, 0.2) is 11.6 Å². The first-order valence-corrected chi connectivity index (χ1v) is 7.80. The van der Waals surface area contributed by atoms with E-state index in [-0.39, 0.29) is 24.4 Å². The van der Waals surface area contributed by atoms with E-state index in [0.717, 1.165) is 12.1 Å². The van der Waals surface area contributed by atoms with Crippen LogP contribution in [-0.2, 0) is 14.4 Å². The molecule has 0 aromatic heterocycles. The van der Waals surface area contributed by atoms with Crippen LogP contribution in [0.15, 0.2) is 18.2 Å². The number of carbonyl (C=O) groups is 3. The maximum Gasteiger partial charge on any atom is 0.246 e. The maximum atomic E-state index is 13.4. The molecule has 0 aliphatic rings. The molecule has 0 aliphatic carbocycles. The summed E-state index contributed by atoms with van der Waals surface area (Å²) in [5.41, 5.74) is -0.461. The molecule has 3 N–H and O–H groups in total. The molecule has 8 heteroatoms. The van der Waals surface area contributed by atoms with Crippen molar-refractivity contribution in [3.05, 3.63) is 35.4 Å². The molecule has 0 fully saturated rings. The van der Waals surface area contributed by atoms with E-state index in [1.807, 2.05) is 0 Å². The minimum atomic E-state index is -1.16.